The van der Waals surface area contributed by atoms with Crippen LogP contribution in [0.15, 0.2) is 42.5 Å². The summed E-state index contributed by atoms with van der Waals surface area (Å²) in [6.45, 7) is 2.79. The first kappa shape index (κ1) is 36.0. The highest BCUT2D eigenvalue weighted by atomic mass is 19.2. The van der Waals surface area contributed by atoms with Gasteiger partial charge in [-0.25, -0.2) is 22.0 Å². The molecule has 254 valence electrons. The smallest absolute Gasteiger partial charge is 0.305 e. The van der Waals surface area contributed by atoms with Crippen LogP contribution in [0.1, 0.15) is 66.5 Å². The Morgan fingerprint density at radius 1 is 0.708 bits per heavy atom. The molecule has 0 bridgehead atoms. The predicted octanol–water partition coefficient (Wildman–Crippen LogP) is 7.90. The van der Waals surface area contributed by atoms with Crippen LogP contribution in [0.2, 0.25) is 0 Å². The molecule has 4 aromatic rings. The van der Waals surface area contributed by atoms with Crippen molar-refractivity contribution >= 4 is 22.8 Å². The monoisotopic (exact) mass is 669 g/mol. The van der Waals surface area contributed by atoms with Gasteiger partial charge in [0.2, 0.25) is 5.82 Å². The summed E-state index contributed by atoms with van der Waals surface area (Å²) in [4.78, 5) is 23.5. The van der Waals surface area contributed by atoms with Crippen molar-refractivity contribution in [3.63, 3.8) is 0 Å². The van der Waals surface area contributed by atoms with Gasteiger partial charge in [-0.3, -0.25) is 9.59 Å². The first-order chi connectivity index (χ1) is 23.1. The van der Waals surface area contributed by atoms with Crippen LogP contribution in [0.25, 0.3) is 10.9 Å². The lowest BCUT2D eigenvalue weighted by Crippen LogP contribution is -2.08. The summed E-state index contributed by atoms with van der Waals surface area (Å²) < 4.78 is 85.3. The Labute approximate surface area is 275 Å². The molecule has 0 unspecified atom stereocenters. The van der Waals surface area contributed by atoms with E-state index in [0.29, 0.717) is 44.4 Å². The average Bonchev–Trinajstić information content (AvgIpc) is 3.37. The maximum atomic E-state index is 13.9. The molecule has 3 aromatic carbocycles. The minimum atomic E-state index is -2.17. The summed E-state index contributed by atoms with van der Waals surface area (Å²) in [7, 11) is 2.74. The zero-order valence-corrected chi connectivity index (χ0v) is 27.0. The second-order valence-corrected chi connectivity index (χ2v) is 11.2. The van der Waals surface area contributed by atoms with E-state index < -0.39 is 34.6 Å². The van der Waals surface area contributed by atoms with Crippen molar-refractivity contribution in [2.24, 2.45) is 0 Å². The van der Waals surface area contributed by atoms with Crippen LogP contribution < -0.4 is 4.74 Å². The standard InChI is InChI=1S/C37H36F5NO5/c1-23-27(11-7-13-30(44)46-2)28-12-6-9-25(37(28)43(23)21-8-14-31(45)47-3)18-15-24-16-19-26(20-17-24)48-22-5-4-10-29-32(38)34(40)36(42)35(41)33(29)39/h6,9,12,16-17,19-20H,4-5,7-8,10-11,13-14,21-22H2,1-3H3. The number of rotatable bonds is 14. The number of methoxy groups -OCH3 is 2. The quantitative estimate of drug-likeness (QED) is 0.0341. The van der Waals surface area contributed by atoms with Gasteiger partial charge in [-0.15, -0.1) is 0 Å². The third-order valence-corrected chi connectivity index (χ3v) is 8.08. The molecule has 6 nitrogen and oxygen atoms in total. The third kappa shape index (κ3) is 8.54. The summed E-state index contributed by atoms with van der Waals surface area (Å²) in [6, 6.07) is 13.0. The van der Waals surface area contributed by atoms with E-state index in [1.807, 2.05) is 25.1 Å². The molecular weight excluding hydrogens is 633 g/mol. The van der Waals surface area contributed by atoms with Crippen LogP contribution in [0.5, 0.6) is 5.75 Å². The van der Waals surface area contributed by atoms with Crippen molar-refractivity contribution in [3.8, 4) is 17.6 Å². The largest absolute Gasteiger partial charge is 0.494 e. The molecule has 0 fully saturated rings. The highest BCUT2D eigenvalue weighted by Crippen LogP contribution is 2.31. The fourth-order valence-electron chi connectivity index (χ4n) is 5.53. The fraction of sp³-hybridized carbons (Fsp3) is 0.351. The Balaban J connectivity index is 1.44. The zero-order chi connectivity index (χ0) is 34.8. The molecule has 0 radical (unpaired) electrons. The fourth-order valence-corrected chi connectivity index (χ4v) is 5.53. The number of nitrogens with zero attached hydrogens (tertiary/aromatic N) is 1. The summed E-state index contributed by atoms with van der Waals surface area (Å²) in [5.74, 6) is -3.22. The van der Waals surface area contributed by atoms with Gasteiger partial charge in [0, 0.05) is 47.2 Å². The van der Waals surface area contributed by atoms with E-state index in [4.69, 9.17) is 14.2 Å². The Hall–Kier alpha value is -4.85. The molecule has 0 N–H and O–H groups in total. The van der Waals surface area contributed by atoms with Crippen LogP contribution in [0.4, 0.5) is 22.0 Å². The molecule has 48 heavy (non-hydrogen) atoms. The number of benzene rings is 3. The molecule has 0 amide bonds. The van der Waals surface area contributed by atoms with Crippen molar-refractivity contribution in [3.05, 3.63) is 99.5 Å². The Bertz CT molecular complexity index is 1810. The molecule has 0 aliphatic rings. The number of fused-ring (bicyclic) bond motifs is 1. The minimum Gasteiger partial charge on any atom is -0.494 e. The number of aromatic nitrogens is 1. The molecule has 1 heterocycles. The highest BCUT2D eigenvalue weighted by molar-refractivity contribution is 5.90. The van der Waals surface area contributed by atoms with Gasteiger partial charge in [0.05, 0.1) is 26.3 Å². The maximum Gasteiger partial charge on any atom is 0.305 e. The molecule has 1 aromatic heterocycles. The number of halogens is 5. The van der Waals surface area contributed by atoms with E-state index in [0.717, 1.165) is 33.3 Å². The van der Waals surface area contributed by atoms with E-state index >= 15 is 0 Å². The zero-order valence-electron chi connectivity index (χ0n) is 27.0. The van der Waals surface area contributed by atoms with E-state index in [2.05, 4.69) is 16.4 Å². The minimum absolute atomic E-state index is 0.157. The average molecular weight is 670 g/mol. The van der Waals surface area contributed by atoms with Gasteiger partial charge in [-0.05, 0) is 81.3 Å². The number of ether oxygens (including phenoxy) is 3. The van der Waals surface area contributed by atoms with E-state index in [9.17, 15) is 31.5 Å². The second kappa shape index (κ2) is 16.8. The van der Waals surface area contributed by atoms with Crippen LogP contribution in [-0.2, 0) is 38.4 Å². The molecule has 0 aliphatic carbocycles. The Morgan fingerprint density at radius 2 is 1.31 bits per heavy atom. The maximum absolute atomic E-state index is 13.9. The van der Waals surface area contributed by atoms with Gasteiger partial charge in [0.1, 0.15) is 5.75 Å². The Morgan fingerprint density at radius 3 is 1.96 bits per heavy atom. The van der Waals surface area contributed by atoms with E-state index in [-0.39, 0.29) is 37.8 Å². The van der Waals surface area contributed by atoms with E-state index in [1.165, 1.54) is 14.2 Å². The van der Waals surface area contributed by atoms with Gasteiger partial charge < -0.3 is 18.8 Å². The first-order valence-electron chi connectivity index (χ1n) is 15.6. The molecule has 0 spiro atoms. The number of aryl methyl sites for hydroxylation is 2. The normalized spacial score (nSPS) is 10.9. The number of para-hydroxylation sites is 1. The lowest BCUT2D eigenvalue weighted by Gasteiger charge is -2.10. The topological polar surface area (TPSA) is 66.8 Å². The number of unbranched alkanes of at least 4 members (excludes halogenated alkanes) is 1. The second-order valence-electron chi connectivity index (χ2n) is 11.2. The predicted molar refractivity (Wildman–Crippen MR) is 170 cm³/mol. The molecule has 0 saturated heterocycles. The number of esters is 2. The van der Waals surface area contributed by atoms with Crippen molar-refractivity contribution < 1.29 is 45.8 Å². The van der Waals surface area contributed by atoms with Crippen molar-refractivity contribution in [2.75, 3.05) is 20.8 Å². The van der Waals surface area contributed by atoms with Crippen LogP contribution in [0, 0.1) is 47.9 Å². The number of carbonyl (C=O) groups is 2. The van der Waals surface area contributed by atoms with Gasteiger partial charge >= 0.3 is 11.9 Å². The Kier molecular flexibility index (Phi) is 12.6. The van der Waals surface area contributed by atoms with Gasteiger partial charge in [0.15, 0.2) is 23.3 Å². The molecule has 4 rings (SSSR count). The lowest BCUT2D eigenvalue weighted by atomic mass is 10.0. The number of carbonyl (C=O) groups excluding carboxylic acids is 2. The van der Waals surface area contributed by atoms with Crippen LogP contribution in [-0.4, -0.2) is 37.3 Å². The van der Waals surface area contributed by atoms with Gasteiger partial charge in [-0.2, -0.15) is 0 Å². The summed E-state index contributed by atoms with van der Waals surface area (Å²) in [6.07, 6.45) is 2.64. The first-order valence-corrected chi connectivity index (χ1v) is 15.6. The summed E-state index contributed by atoms with van der Waals surface area (Å²) >= 11 is 0. The van der Waals surface area contributed by atoms with Crippen molar-refractivity contribution in [1.29, 1.82) is 0 Å². The lowest BCUT2D eigenvalue weighted by molar-refractivity contribution is -0.141. The third-order valence-electron chi connectivity index (χ3n) is 8.08. The van der Waals surface area contributed by atoms with E-state index in [1.54, 1.807) is 24.3 Å². The van der Waals surface area contributed by atoms with Crippen molar-refractivity contribution in [1.82, 2.24) is 4.57 Å². The molecule has 0 aliphatic heterocycles. The van der Waals surface area contributed by atoms with Crippen LogP contribution in [0.3, 0.4) is 0 Å². The summed E-state index contributed by atoms with van der Waals surface area (Å²) in [5, 5.41) is 1.03. The van der Waals surface area contributed by atoms with Gasteiger partial charge in [-0.1, -0.05) is 24.0 Å². The SMILES string of the molecule is COC(=O)CCCc1c(C)n(CCCC(=O)OC)c2c(C#Cc3ccc(OCCCCc4c(F)c(F)c(F)c(F)c4F)cc3)cccc12. The summed E-state index contributed by atoms with van der Waals surface area (Å²) in [5.41, 5.74) is 3.81. The molecule has 0 atom stereocenters. The van der Waals surface area contributed by atoms with Crippen molar-refractivity contribution in [2.45, 2.75) is 64.8 Å². The molecule has 0 saturated carbocycles. The van der Waals surface area contributed by atoms with Gasteiger partial charge in [0.25, 0.3) is 0 Å². The molecule has 11 heteroatoms. The van der Waals surface area contributed by atoms with Crippen LogP contribution >= 0.6 is 0 Å². The number of hydrogen-bond donors (Lipinski definition) is 0. The number of hydrogen-bond acceptors (Lipinski definition) is 5. The highest BCUT2D eigenvalue weighted by Gasteiger charge is 2.25. The molecular formula is C37H36F5NO5.